The van der Waals surface area contributed by atoms with E-state index < -0.39 is 45.6 Å². The van der Waals surface area contributed by atoms with Crippen LogP contribution in [0.1, 0.15) is 36.5 Å². The van der Waals surface area contributed by atoms with Gasteiger partial charge in [0.2, 0.25) is 0 Å². The van der Waals surface area contributed by atoms with Crippen LogP contribution in [0.5, 0.6) is 5.75 Å². The van der Waals surface area contributed by atoms with Crippen LogP contribution >= 0.6 is 0 Å². The van der Waals surface area contributed by atoms with E-state index in [-0.39, 0.29) is 18.9 Å². The first-order chi connectivity index (χ1) is 18.9. The Bertz CT molecular complexity index is 1440. The summed E-state index contributed by atoms with van der Waals surface area (Å²) in [6.45, 7) is 3.29. The molecule has 0 aromatic heterocycles. The lowest BCUT2D eigenvalue weighted by Crippen LogP contribution is -2.44. The number of halogens is 3. The lowest BCUT2D eigenvalue weighted by atomic mass is 9.98. The van der Waals surface area contributed by atoms with Crippen LogP contribution in [0.3, 0.4) is 0 Å². The summed E-state index contributed by atoms with van der Waals surface area (Å²) in [6.07, 6.45) is -1.45. The molecule has 0 spiro atoms. The van der Waals surface area contributed by atoms with Crippen molar-refractivity contribution in [2.45, 2.75) is 43.8 Å². The number of esters is 1. The van der Waals surface area contributed by atoms with E-state index in [1.807, 2.05) is 48.5 Å². The first kappa shape index (κ1) is 28.9. The molecule has 1 aliphatic rings. The van der Waals surface area contributed by atoms with Gasteiger partial charge in [0.25, 0.3) is 0 Å². The molecule has 0 aliphatic heterocycles. The molecule has 0 radical (unpaired) electrons. The van der Waals surface area contributed by atoms with Crippen LogP contribution in [0.15, 0.2) is 72.8 Å². The minimum Gasteiger partial charge on any atom is -0.461 e. The average molecular weight is 578 g/mol. The molecular formula is C28H26F3NO7S. The zero-order valence-corrected chi connectivity index (χ0v) is 22.3. The van der Waals surface area contributed by atoms with Gasteiger partial charge in [0.15, 0.2) is 0 Å². The van der Waals surface area contributed by atoms with E-state index in [9.17, 15) is 31.2 Å². The Morgan fingerprint density at radius 2 is 1.45 bits per heavy atom. The molecule has 3 aromatic rings. The molecule has 1 N–H and O–H groups in total. The zero-order chi connectivity index (χ0) is 29.1. The van der Waals surface area contributed by atoms with Crippen molar-refractivity contribution in [2.24, 2.45) is 0 Å². The number of hydrogen-bond acceptors (Lipinski definition) is 7. The summed E-state index contributed by atoms with van der Waals surface area (Å²) >= 11 is 0. The molecule has 8 nitrogen and oxygen atoms in total. The lowest BCUT2D eigenvalue weighted by Gasteiger charge is -2.20. The Morgan fingerprint density at radius 1 is 0.900 bits per heavy atom. The highest BCUT2D eigenvalue weighted by molar-refractivity contribution is 7.88. The third-order valence-electron chi connectivity index (χ3n) is 6.12. The average Bonchev–Trinajstić information content (AvgIpc) is 3.20. The Balaban J connectivity index is 1.44. The second-order valence-corrected chi connectivity index (χ2v) is 10.9. The molecule has 1 unspecified atom stereocenters. The number of rotatable bonds is 9. The van der Waals surface area contributed by atoms with Gasteiger partial charge in [-0.3, -0.25) is 0 Å². The summed E-state index contributed by atoms with van der Waals surface area (Å²) < 4.78 is 75.0. The van der Waals surface area contributed by atoms with Gasteiger partial charge in [-0.2, -0.15) is 21.6 Å². The number of alkyl halides is 3. The molecule has 1 aliphatic carbocycles. The van der Waals surface area contributed by atoms with Crippen LogP contribution in [-0.4, -0.2) is 44.7 Å². The smallest absolute Gasteiger partial charge is 0.461 e. The van der Waals surface area contributed by atoms with Gasteiger partial charge >= 0.3 is 27.7 Å². The largest absolute Gasteiger partial charge is 0.534 e. The van der Waals surface area contributed by atoms with Crippen LogP contribution in [0.4, 0.5) is 18.0 Å². The second-order valence-electron chi connectivity index (χ2n) is 9.34. The van der Waals surface area contributed by atoms with Crippen molar-refractivity contribution < 1.29 is 44.8 Å². The number of amides is 1. The van der Waals surface area contributed by atoms with Gasteiger partial charge in [-0.05, 0) is 53.8 Å². The summed E-state index contributed by atoms with van der Waals surface area (Å²) in [5, 5.41) is 2.50. The van der Waals surface area contributed by atoms with Crippen molar-refractivity contribution in [2.75, 3.05) is 6.61 Å². The molecule has 0 bridgehead atoms. The van der Waals surface area contributed by atoms with Crippen LogP contribution in [0.25, 0.3) is 11.1 Å². The fraction of sp³-hybridized carbons (Fsp3) is 0.286. The summed E-state index contributed by atoms with van der Waals surface area (Å²) in [4.78, 5) is 25.5. The molecule has 1 atom stereocenters. The highest BCUT2D eigenvalue weighted by Gasteiger charge is 2.48. The lowest BCUT2D eigenvalue weighted by molar-refractivity contribution is -0.149. The van der Waals surface area contributed by atoms with Crippen molar-refractivity contribution >= 4 is 22.2 Å². The van der Waals surface area contributed by atoms with Gasteiger partial charge < -0.3 is 19.0 Å². The number of benzene rings is 3. The first-order valence-electron chi connectivity index (χ1n) is 12.3. The maximum absolute atomic E-state index is 12.8. The molecule has 12 heteroatoms. The molecule has 40 heavy (non-hydrogen) atoms. The van der Waals surface area contributed by atoms with E-state index in [2.05, 4.69) is 9.50 Å². The molecule has 3 aromatic carbocycles. The Labute approximate surface area is 229 Å². The molecule has 0 fully saturated rings. The molecule has 4 rings (SSSR count). The quantitative estimate of drug-likeness (QED) is 0.208. The fourth-order valence-electron chi connectivity index (χ4n) is 4.38. The summed E-state index contributed by atoms with van der Waals surface area (Å²) in [6, 6.07) is 19.0. The van der Waals surface area contributed by atoms with Crippen LogP contribution in [0, 0.1) is 0 Å². The number of hydrogen-bond donors (Lipinski definition) is 1. The minimum atomic E-state index is -5.83. The summed E-state index contributed by atoms with van der Waals surface area (Å²) in [5.41, 5.74) is -1.04. The highest BCUT2D eigenvalue weighted by Crippen LogP contribution is 2.44. The van der Waals surface area contributed by atoms with E-state index in [0.29, 0.717) is 5.56 Å². The van der Waals surface area contributed by atoms with Gasteiger partial charge in [0.1, 0.15) is 18.4 Å². The van der Waals surface area contributed by atoms with Crippen molar-refractivity contribution in [3.8, 4) is 16.9 Å². The van der Waals surface area contributed by atoms with Crippen LogP contribution in [-0.2, 0) is 30.8 Å². The van der Waals surface area contributed by atoms with E-state index in [1.165, 1.54) is 12.1 Å². The van der Waals surface area contributed by atoms with E-state index in [0.717, 1.165) is 34.4 Å². The summed E-state index contributed by atoms with van der Waals surface area (Å²) in [7, 11) is -5.83. The standard InChI is InChI=1S/C28H26F3NO7S/c1-17(2)38-26(33)25(15-18-11-13-19(14-12-18)39-40(35,36)28(29,30)31)32-27(34)37-16-24-22-9-5-3-7-20(22)21-8-4-6-10-23(21)24/h3-14,17,24-25H,15-16H2,1-2H3,(H,32,34). The topological polar surface area (TPSA) is 108 Å². The predicted molar refractivity (Wildman–Crippen MR) is 139 cm³/mol. The van der Waals surface area contributed by atoms with Crippen LogP contribution in [0.2, 0.25) is 0 Å². The van der Waals surface area contributed by atoms with Gasteiger partial charge in [-0.15, -0.1) is 0 Å². The maximum atomic E-state index is 12.8. The third kappa shape index (κ3) is 6.56. The van der Waals surface area contributed by atoms with Gasteiger partial charge in [-0.25, -0.2) is 9.59 Å². The number of alkyl carbamates (subject to hydrolysis) is 1. The molecule has 0 saturated heterocycles. The Hall–Kier alpha value is -4.06. The second kappa shape index (κ2) is 11.6. The number of fused-ring (bicyclic) bond motifs is 3. The highest BCUT2D eigenvalue weighted by atomic mass is 32.2. The van der Waals surface area contributed by atoms with E-state index in [1.54, 1.807) is 13.8 Å². The summed E-state index contributed by atoms with van der Waals surface area (Å²) in [5.74, 6) is -1.50. The van der Waals surface area contributed by atoms with Crippen molar-refractivity contribution in [3.05, 3.63) is 89.5 Å². The molecular weight excluding hydrogens is 551 g/mol. The van der Waals surface area contributed by atoms with Gasteiger partial charge in [-0.1, -0.05) is 60.7 Å². The maximum Gasteiger partial charge on any atom is 0.534 e. The molecule has 1 amide bonds. The van der Waals surface area contributed by atoms with Crippen molar-refractivity contribution in [1.29, 1.82) is 0 Å². The normalized spacial score (nSPS) is 13.8. The third-order valence-corrected chi connectivity index (χ3v) is 7.10. The predicted octanol–water partition coefficient (Wildman–Crippen LogP) is 5.32. The van der Waals surface area contributed by atoms with Crippen molar-refractivity contribution in [3.63, 3.8) is 0 Å². The molecule has 0 saturated carbocycles. The molecule has 0 heterocycles. The Kier molecular flexibility index (Phi) is 8.38. The molecule has 212 valence electrons. The van der Waals surface area contributed by atoms with Gasteiger partial charge in [0, 0.05) is 12.3 Å². The van der Waals surface area contributed by atoms with Crippen LogP contribution < -0.4 is 9.50 Å². The van der Waals surface area contributed by atoms with Crippen molar-refractivity contribution in [1.82, 2.24) is 5.32 Å². The number of ether oxygens (including phenoxy) is 2. The van der Waals surface area contributed by atoms with Gasteiger partial charge in [0.05, 0.1) is 6.10 Å². The number of carbonyl (C=O) groups excluding carboxylic acids is 2. The Morgan fingerprint density at radius 3 is 1.98 bits per heavy atom. The fourth-order valence-corrected chi connectivity index (χ4v) is 4.84. The zero-order valence-electron chi connectivity index (χ0n) is 21.5. The SMILES string of the molecule is CC(C)OC(=O)C(Cc1ccc(OS(=O)(=O)C(F)(F)F)cc1)NC(=O)OCC1c2ccccc2-c2ccccc21. The first-order valence-corrected chi connectivity index (χ1v) is 13.7. The van der Waals surface area contributed by atoms with E-state index >= 15 is 0 Å². The number of nitrogens with one attached hydrogen (secondary N) is 1. The minimum absolute atomic E-state index is 0.0194. The number of carbonyl (C=O) groups is 2. The van der Waals surface area contributed by atoms with E-state index in [4.69, 9.17) is 9.47 Å². The monoisotopic (exact) mass is 577 g/mol.